The maximum atomic E-state index is 13.5. The van der Waals surface area contributed by atoms with E-state index < -0.39 is 17.7 Å². The van der Waals surface area contributed by atoms with Crippen LogP contribution in [0.1, 0.15) is 43.7 Å². The Morgan fingerprint density at radius 1 is 1.30 bits per heavy atom. The van der Waals surface area contributed by atoms with Crippen LogP contribution in [0.5, 0.6) is 0 Å². The maximum Gasteiger partial charge on any atom is 0.159 e. The zero-order valence-electron chi connectivity index (χ0n) is 13.2. The highest BCUT2D eigenvalue weighted by molar-refractivity contribution is 5.23. The number of hydrogen-bond donors (Lipinski definition) is 1. The normalized spacial score (nSPS) is 22.2. The molecule has 1 N–H and O–H groups in total. The van der Waals surface area contributed by atoms with Crippen molar-refractivity contribution in [3.05, 3.63) is 47.5 Å². The van der Waals surface area contributed by atoms with E-state index in [9.17, 15) is 13.9 Å². The maximum absolute atomic E-state index is 13.5. The fourth-order valence-corrected chi connectivity index (χ4v) is 3.12. The topological polar surface area (TPSA) is 54.2 Å². The molecule has 0 saturated carbocycles. The van der Waals surface area contributed by atoms with Crippen LogP contribution in [0.25, 0.3) is 0 Å². The molecule has 124 valence electrons. The Morgan fingerprint density at radius 2 is 2.09 bits per heavy atom. The summed E-state index contributed by atoms with van der Waals surface area (Å²) in [6.45, 7) is 5.00. The van der Waals surface area contributed by atoms with Crippen LogP contribution >= 0.6 is 0 Å². The summed E-state index contributed by atoms with van der Waals surface area (Å²) in [5.74, 6) is -0.936. The van der Waals surface area contributed by atoms with Crippen LogP contribution in [0.4, 0.5) is 8.78 Å². The third-order valence-corrected chi connectivity index (χ3v) is 4.19. The first-order chi connectivity index (χ1) is 11.0. The van der Waals surface area contributed by atoms with Gasteiger partial charge >= 0.3 is 0 Å². The lowest BCUT2D eigenvalue weighted by Gasteiger charge is -2.24. The van der Waals surface area contributed by atoms with Gasteiger partial charge in [-0.25, -0.2) is 18.4 Å². The summed E-state index contributed by atoms with van der Waals surface area (Å²) in [6, 6.07) is 3.92. The summed E-state index contributed by atoms with van der Waals surface area (Å²) in [7, 11) is 0. The molecule has 1 aliphatic rings. The van der Waals surface area contributed by atoms with Crippen LogP contribution in [0.15, 0.2) is 24.5 Å². The Labute approximate surface area is 133 Å². The molecule has 3 rings (SSSR count). The van der Waals surface area contributed by atoms with E-state index in [1.54, 1.807) is 6.07 Å². The van der Waals surface area contributed by atoms with Gasteiger partial charge in [0.15, 0.2) is 11.6 Å². The quantitative estimate of drug-likeness (QED) is 0.939. The zero-order chi connectivity index (χ0) is 16.6. The molecule has 1 saturated heterocycles. The molecule has 0 bridgehead atoms. The number of halogens is 2. The molecule has 0 aliphatic carbocycles. The summed E-state index contributed by atoms with van der Waals surface area (Å²) in [5.41, 5.74) is 0.663. The molecular weight excluding hydrogens is 302 g/mol. The van der Waals surface area contributed by atoms with Crippen LogP contribution in [0.2, 0.25) is 0 Å². The lowest BCUT2D eigenvalue weighted by atomic mass is 10.0. The van der Waals surface area contributed by atoms with Gasteiger partial charge in [-0.1, -0.05) is 6.07 Å². The smallest absolute Gasteiger partial charge is 0.159 e. The van der Waals surface area contributed by atoms with Gasteiger partial charge in [-0.3, -0.25) is 4.90 Å². The zero-order valence-corrected chi connectivity index (χ0v) is 13.2. The van der Waals surface area contributed by atoms with Crippen LogP contribution in [-0.2, 0) is 6.54 Å². The molecule has 23 heavy (non-hydrogen) atoms. The predicted octanol–water partition coefficient (Wildman–Crippen LogP) is 2.45. The molecule has 2 heterocycles. The van der Waals surface area contributed by atoms with Crippen LogP contribution in [-0.4, -0.2) is 37.4 Å². The Hall–Kier alpha value is -1.86. The molecule has 0 amide bonds. The van der Waals surface area contributed by atoms with Crippen molar-refractivity contribution < 1.29 is 13.9 Å². The summed E-state index contributed by atoms with van der Waals surface area (Å²) >= 11 is 0. The van der Waals surface area contributed by atoms with E-state index in [1.165, 1.54) is 12.4 Å². The minimum atomic E-state index is -0.866. The largest absolute Gasteiger partial charge is 0.392 e. The summed E-state index contributed by atoms with van der Waals surface area (Å²) in [6.07, 6.45) is 1.50. The number of aromatic nitrogens is 3. The SMILES string of the molecule is CC(C)n1ncnc1CN1C[C@@H](O)C[C@H]1c1ccc(F)c(F)c1. The molecule has 0 spiro atoms. The standard InChI is InChI=1S/C16H20F2N4O/c1-10(2)22-16(19-9-20-22)8-21-7-12(23)6-15(21)11-3-4-13(17)14(18)5-11/h3-5,9-10,12,15,23H,6-8H2,1-2H3/t12-,15-/m0/s1. The Bertz CT molecular complexity index is 688. The van der Waals surface area contributed by atoms with E-state index in [4.69, 9.17) is 0 Å². The van der Waals surface area contributed by atoms with Crippen LogP contribution in [0.3, 0.4) is 0 Å². The van der Waals surface area contributed by atoms with Gasteiger partial charge in [0.1, 0.15) is 12.2 Å². The number of hydrogen-bond acceptors (Lipinski definition) is 4. The number of nitrogens with zero attached hydrogens (tertiary/aromatic N) is 4. The molecule has 0 radical (unpaired) electrons. The highest BCUT2D eigenvalue weighted by Crippen LogP contribution is 2.34. The van der Waals surface area contributed by atoms with Crippen molar-refractivity contribution >= 4 is 0 Å². The van der Waals surface area contributed by atoms with E-state index in [-0.39, 0.29) is 12.1 Å². The van der Waals surface area contributed by atoms with Gasteiger partial charge in [0, 0.05) is 18.6 Å². The Kier molecular flexibility index (Phi) is 4.41. The second kappa shape index (κ2) is 6.33. The number of likely N-dealkylation sites (tertiary alicyclic amines) is 1. The molecule has 0 unspecified atom stereocenters. The van der Waals surface area contributed by atoms with E-state index in [2.05, 4.69) is 10.1 Å². The number of benzene rings is 1. The fourth-order valence-electron chi connectivity index (χ4n) is 3.12. The minimum absolute atomic E-state index is 0.169. The number of β-amino-alcohol motifs (C(OH)–C–C–N with tert-alkyl or cyclic N) is 1. The molecule has 7 heteroatoms. The molecule has 1 fully saturated rings. The second-order valence-electron chi connectivity index (χ2n) is 6.22. The molecule has 1 aromatic heterocycles. The van der Waals surface area contributed by atoms with Gasteiger partial charge in [-0.15, -0.1) is 0 Å². The average Bonchev–Trinajstić information content (AvgIpc) is 3.09. The summed E-state index contributed by atoms with van der Waals surface area (Å²) in [5, 5.41) is 14.2. The summed E-state index contributed by atoms with van der Waals surface area (Å²) in [4.78, 5) is 6.31. The third kappa shape index (κ3) is 3.25. The second-order valence-corrected chi connectivity index (χ2v) is 6.22. The first-order valence-electron chi connectivity index (χ1n) is 7.71. The average molecular weight is 322 g/mol. The van der Waals surface area contributed by atoms with Crippen LogP contribution < -0.4 is 0 Å². The molecule has 2 atom stereocenters. The molecule has 1 aliphatic heterocycles. The van der Waals surface area contributed by atoms with Gasteiger partial charge in [-0.2, -0.15) is 5.10 Å². The van der Waals surface area contributed by atoms with Crippen molar-refractivity contribution in [3.63, 3.8) is 0 Å². The molecule has 2 aromatic rings. The molecule has 1 aromatic carbocycles. The first kappa shape index (κ1) is 16.0. The van der Waals surface area contributed by atoms with Crippen molar-refractivity contribution in [1.29, 1.82) is 0 Å². The van der Waals surface area contributed by atoms with Crippen LogP contribution in [0, 0.1) is 11.6 Å². The van der Waals surface area contributed by atoms with E-state index in [0.29, 0.717) is 25.1 Å². The van der Waals surface area contributed by atoms with Crippen molar-refractivity contribution in [2.24, 2.45) is 0 Å². The number of aliphatic hydroxyl groups is 1. The van der Waals surface area contributed by atoms with Crippen molar-refractivity contribution in [2.45, 2.75) is 45.0 Å². The fraction of sp³-hybridized carbons (Fsp3) is 0.500. The van der Waals surface area contributed by atoms with E-state index in [0.717, 1.165) is 11.9 Å². The Morgan fingerprint density at radius 3 is 2.78 bits per heavy atom. The Balaban J connectivity index is 1.85. The number of aliphatic hydroxyl groups excluding tert-OH is 1. The first-order valence-corrected chi connectivity index (χ1v) is 7.71. The van der Waals surface area contributed by atoms with Gasteiger partial charge in [0.2, 0.25) is 0 Å². The summed E-state index contributed by atoms with van der Waals surface area (Å²) < 4.78 is 28.5. The van der Waals surface area contributed by atoms with Gasteiger partial charge < -0.3 is 5.11 Å². The van der Waals surface area contributed by atoms with E-state index in [1.807, 2.05) is 23.4 Å². The highest BCUT2D eigenvalue weighted by Gasteiger charge is 2.33. The predicted molar refractivity (Wildman–Crippen MR) is 80.5 cm³/mol. The van der Waals surface area contributed by atoms with Gasteiger partial charge in [-0.05, 0) is 38.0 Å². The van der Waals surface area contributed by atoms with E-state index >= 15 is 0 Å². The number of rotatable bonds is 4. The van der Waals surface area contributed by atoms with Crippen molar-refractivity contribution in [1.82, 2.24) is 19.7 Å². The molecule has 5 nitrogen and oxygen atoms in total. The lowest BCUT2D eigenvalue weighted by Crippen LogP contribution is -2.26. The van der Waals surface area contributed by atoms with Gasteiger partial charge in [0.05, 0.1) is 12.6 Å². The van der Waals surface area contributed by atoms with Gasteiger partial charge in [0.25, 0.3) is 0 Å². The molecular formula is C16H20F2N4O. The monoisotopic (exact) mass is 322 g/mol. The van der Waals surface area contributed by atoms with Crippen molar-refractivity contribution in [3.8, 4) is 0 Å². The lowest BCUT2D eigenvalue weighted by molar-refractivity contribution is 0.170. The van der Waals surface area contributed by atoms with Crippen molar-refractivity contribution in [2.75, 3.05) is 6.54 Å². The highest BCUT2D eigenvalue weighted by atomic mass is 19.2. The minimum Gasteiger partial charge on any atom is -0.392 e. The third-order valence-electron chi connectivity index (χ3n) is 4.19.